The van der Waals surface area contributed by atoms with Gasteiger partial charge in [-0.3, -0.25) is 0 Å². The molecule has 1 rings (SSSR count). The monoisotopic (exact) mass is 280 g/mol. The molecule has 10 heavy (non-hydrogen) atoms. The summed E-state index contributed by atoms with van der Waals surface area (Å²) in [5.41, 5.74) is 1.95. The van der Waals surface area contributed by atoms with Gasteiger partial charge in [0.15, 0.2) is 0 Å². The molecule has 0 saturated heterocycles. The van der Waals surface area contributed by atoms with E-state index >= 15 is 0 Å². The molecule has 0 amide bonds. The van der Waals surface area contributed by atoms with E-state index in [0.717, 1.165) is 0 Å². The summed E-state index contributed by atoms with van der Waals surface area (Å²) in [5, 5.41) is 0. The van der Waals surface area contributed by atoms with Crippen LogP contribution in [0.1, 0.15) is 18.1 Å². The van der Waals surface area contributed by atoms with Gasteiger partial charge in [-0.1, -0.05) is 37.3 Å². The Balaban J connectivity index is 0.000000810. The number of benzene rings is 1. The van der Waals surface area contributed by atoms with Gasteiger partial charge in [-0.2, -0.15) is 0 Å². The minimum Gasteiger partial charge on any atom is -0.130 e. The SMILES string of the molecule is CC(P)c1ccccc1.[Nd]. The van der Waals surface area contributed by atoms with Gasteiger partial charge in [0.2, 0.25) is 0 Å². The summed E-state index contributed by atoms with van der Waals surface area (Å²) in [7, 11) is 2.77. The van der Waals surface area contributed by atoms with Gasteiger partial charge in [0.05, 0.1) is 0 Å². The largest absolute Gasteiger partial charge is 0.130 e. The van der Waals surface area contributed by atoms with Gasteiger partial charge < -0.3 is 0 Å². The zero-order valence-electron chi connectivity index (χ0n) is 6.04. The molecule has 0 aliphatic carbocycles. The average molecular weight is 282 g/mol. The molecule has 0 spiro atoms. The third-order valence-corrected chi connectivity index (χ3v) is 1.71. The Hall–Kier alpha value is 1.00. The van der Waals surface area contributed by atoms with E-state index in [2.05, 4.69) is 40.4 Å². The molecule has 2 unspecified atom stereocenters. The first-order chi connectivity index (χ1) is 4.30. The first kappa shape index (κ1) is 11.0. The zero-order valence-corrected chi connectivity index (χ0v) is 10.4. The van der Waals surface area contributed by atoms with Crippen molar-refractivity contribution < 1.29 is 40.8 Å². The molecule has 1 aromatic carbocycles. The van der Waals surface area contributed by atoms with Crippen molar-refractivity contribution in [2.24, 2.45) is 0 Å². The number of hydrogen-bond donors (Lipinski definition) is 0. The summed E-state index contributed by atoms with van der Waals surface area (Å²) in [6, 6.07) is 10.4. The molecule has 2 atom stereocenters. The third kappa shape index (κ3) is 3.41. The van der Waals surface area contributed by atoms with Crippen LogP contribution < -0.4 is 0 Å². The van der Waals surface area contributed by atoms with Gasteiger partial charge in [0.1, 0.15) is 0 Å². The van der Waals surface area contributed by atoms with E-state index in [0.29, 0.717) is 5.66 Å². The summed E-state index contributed by atoms with van der Waals surface area (Å²) >= 11 is 0. The molecule has 2 heteroatoms. The van der Waals surface area contributed by atoms with E-state index in [1.165, 1.54) is 5.56 Å². The van der Waals surface area contributed by atoms with E-state index in [4.69, 9.17) is 0 Å². The normalized spacial score (nSPS) is 11.8. The molecule has 0 bridgehead atoms. The maximum Gasteiger partial charge on any atom is 0 e. The second-order valence-electron chi connectivity index (χ2n) is 2.20. The van der Waals surface area contributed by atoms with Crippen LogP contribution in [0.15, 0.2) is 30.3 Å². The molecule has 52 valence electrons. The molecule has 0 aliphatic rings. The van der Waals surface area contributed by atoms with Gasteiger partial charge in [-0.25, -0.2) is 0 Å². The Labute approximate surface area is 97.5 Å². The third-order valence-electron chi connectivity index (χ3n) is 1.33. The van der Waals surface area contributed by atoms with Crippen molar-refractivity contribution in [1.29, 1.82) is 0 Å². The summed E-state index contributed by atoms with van der Waals surface area (Å²) in [5.74, 6) is 0. The van der Waals surface area contributed by atoms with Crippen molar-refractivity contribution in [3.8, 4) is 0 Å². The fourth-order valence-electron chi connectivity index (χ4n) is 0.757. The first-order valence-corrected chi connectivity index (χ1v) is 3.78. The fourth-order valence-corrected chi connectivity index (χ4v) is 0.979. The van der Waals surface area contributed by atoms with E-state index in [-0.39, 0.29) is 40.8 Å². The van der Waals surface area contributed by atoms with Crippen LogP contribution in [0.25, 0.3) is 0 Å². The van der Waals surface area contributed by atoms with Crippen molar-refractivity contribution in [2.75, 3.05) is 0 Å². The molecular weight excluding hydrogens is 271 g/mol. The maximum atomic E-state index is 2.77. The second-order valence-corrected chi connectivity index (χ2v) is 3.20. The smallest absolute Gasteiger partial charge is 0 e. The predicted molar refractivity (Wildman–Crippen MR) is 44.6 cm³/mol. The molecule has 0 heterocycles. The van der Waals surface area contributed by atoms with Gasteiger partial charge in [-0.05, 0) is 11.2 Å². The van der Waals surface area contributed by atoms with Gasteiger partial charge >= 0.3 is 0 Å². The first-order valence-electron chi connectivity index (χ1n) is 3.11. The Morgan fingerprint density at radius 1 is 1.20 bits per heavy atom. The molecule has 1 aromatic rings. The molecular formula is C8H11NdP. The van der Waals surface area contributed by atoms with E-state index in [1.54, 1.807) is 0 Å². The van der Waals surface area contributed by atoms with Crippen LogP contribution in [0.5, 0.6) is 0 Å². The van der Waals surface area contributed by atoms with E-state index in [9.17, 15) is 0 Å². The van der Waals surface area contributed by atoms with Crippen molar-refractivity contribution >= 4 is 9.24 Å². The van der Waals surface area contributed by atoms with Gasteiger partial charge in [-0.15, -0.1) is 9.24 Å². The van der Waals surface area contributed by atoms with Crippen LogP contribution in [0.2, 0.25) is 0 Å². The zero-order chi connectivity index (χ0) is 6.69. The maximum absolute atomic E-state index is 2.77. The van der Waals surface area contributed by atoms with E-state index in [1.807, 2.05) is 6.07 Å². The van der Waals surface area contributed by atoms with Gasteiger partial charge in [0, 0.05) is 40.8 Å². The van der Waals surface area contributed by atoms with Crippen LogP contribution in [-0.4, -0.2) is 0 Å². The summed E-state index contributed by atoms with van der Waals surface area (Å²) in [4.78, 5) is 0. The molecule has 0 fully saturated rings. The summed E-state index contributed by atoms with van der Waals surface area (Å²) in [6.07, 6.45) is 0. The van der Waals surface area contributed by atoms with Crippen molar-refractivity contribution in [1.82, 2.24) is 0 Å². The molecule has 0 aliphatic heterocycles. The quantitative estimate of drug-likeness (QED) is 0.695. The molecule has 0 N–H and O–H groups in total. The van der Waals surface area contributed by atoms with Crippen molar-refractivity contribution in [2.45, 2.75) is 12.6 Å². The Morgan fingerprint density at radius 3 is 2.00 bits per heavy atom. The molecule has 0 aromatic heterocycles. The molecule has 0 radical (unpaired) electrons. The standard InChI is InChI=1S/C8H11P.Nd/c1-7(9)8-5-3-2-4-6-8;/h2-7H,9H2,1H3;. The Morgan fingerprint density at radius 2 is 1.70 bits per heavy atom. The van der Waals surface area contributed by atoms with Crippen molar-refractivity contribution in [3.63, 3.8) is 0 Å². The minimum absolute atomic E-state index is 0. The second kappa shape index (κ2) is 5.63. The Bertz CT molecular complexity index is 172. The van der Waals surface area contributed by atoms with E-state index < -0.39 is 0 Å². The Kier molecular flexibility index (Phi) is 6.19. The van der Waals surface area contributed by atoms with Crippen LogP contribution in [0, 0.1) is 40.8 Å². The summed E-state index contributed by atoms with van der Waals surface area (Å²) in [6.45, 7) is 2.17. The van der Waals surface area contributed by atoms with Gasteiger partial charge in [0.25, 0.3) is 0 Å². The van der Waals surface area contributed by atoms with Crippen LogP contribution in [0.3, 0.4) is 0 Å². The fraction of sp³-hybridized carbons (Fsp3) is 0.250. The summed E-state index contributed by atoms with van der Waals surface area (Å²) < 4.78 is 0. The van der Waals surface area contributed by atoms with Crippen molar-refractivity contribution in [3.05, 3.63) is 35.9 Å². The number of rotatable bonds is 1. The topological polar surface area (TPSA) is 0 Å². The molecule has 0 saturated carbocycles. The van der Waals surface area contributed by atoms with Crippen LogP contribution in [-0.2, 0) is 0 Å². The van der Waals surface area contributed by atoms with Crippen LogP contribution in [0.4, 0.5) is 0 Å². The predicted octanol–water partition coefficient (Wildman–Crippen LogP) is 2.62. The average Bonchev–Trinajstić information content (AvgIpc) is 1.90. The minimum atomic E-state index is 0. The number of hydrogen-bond acceptors (Lipinski definition) is 0. The van der Waals surface area contributed by atoms with Crippen LogP contribution >= 0.6 is 9.24 Å². The molecule has 0 nitrogen and oxygen atoms in total.